The molecule has 0 saturated heterocycles. The van der Waals surface area contributed by atoms with Crippen molar-refractivity contribution in [2.75, 3.05) is 0 Å². The van der Waals surface area contributed by atoms with Crippen LogP contribution in [0.2, 0.25) is 0 Å². The van der Waals surface area contributed by atoms with Crippen molar-refractivity contribution in [1.82, 2.24) is 0 Å². The Morgan fingerprint density at radius 1 is 0.952 bits per heavy atom. The highest BCUT2D eigenvalue weighted by Gasteiger charge is 2.14. The molecule has 21 heavy (non-hydrogen) atoms. The largest absolute Gasteiger partial charge is 0.478 e. The van der Waals surface area contributed by atoms with Crippen LogP contribution in [0.1, 0.15) is 46.5 Å². The zero-order valence-corrected chi connectivity index (χ0v) is 13.2. The molecule has 0 spiro atoms. The first-order chi connectivity index (χ1) is 9.97. The number of aromatic carboxylic acids is 1. The lowest BCUT2D eigenvalue weighted by molar-refractivity contribution is 0.0696. The molecule has 0 saturated carbocycles. The lowest BCUT2D eigenvalue weighted by atomic mass is 9.90. The Kier molecular flexibility index (Phi) is 4.46. The van der Waals surface area contributed by atoms with E-state index in [-0.39, 0.29) is 0 Å². The third kappa shape index (κ3) is 2.99. The predicted octanol–water partition coefficient (Wildman–Crippen LogP) is 4.79. The van der Waals surface area contributed by atoms with Crippen LogP contribution in [0, 0.1) is 13.8 Å². The molecule has 0 unspecified atom stereocenters. The highest BCUT2D eigenvalue weighted by Crippen LogP contribution is 2.31. The van der Waals surface area contributed by atoms with Crippen LogP contribution in [-0.2, 0) is 12.8 Å². The van der Waals surface area contributed by atoms with Gasteiger partial charge in [-0.2, -0.15) is 0 Å². The van der Waals surface area contributed by atoms with Gasteiger partial charge in [0.2, 0.25) is 0 Å². The number of aryl methyl sites for hydroxylation is 4. The maximum absolute atomic E-state index is 11.4. The summed E-state index contributed by atoms with van der Waals surface area (Å²) in [6.45, 7) is 8.16. The van der Waals surface area contributed by atoms with Gasteiger partial charge in [0.25, 0.3) is 0 Å². The Hall–Kier alpha value is -2.09. The number of rotatable bonds is 4. The fourth-order valence-electron chi connectivity index (χ4n) is 2.78. The molecule has 0 aliphatic heterocycles. The fraction of sp³-hybridized carbons (Fsp3) is 0.316. The summed E-state index contributed by atoms with van der Waals surface area (Å²) in [6, 6.07) is 10.3. The minimum Gasteiger partial charge on any atom is -0.478 e. The highest BCUT2D eigenvalue weighted by molar-refractivity contribution is 5.92. The Morgan fingerprint density at radius 3 is 2.24 bits per heavy atom. The van der Waals surface area contributed by atoms with Crippen LogP contribution in [0.5, 0.6) is 0 Å². The van der Waals surface area contributed by atoms with E-state index in [2.05, 4.69) is 32.0 Å². The van der Waals surface area contributed by atoms with Crippen molar-refractivity contribution < 1.29 is 9.90 Å². The van der Waals surface area contributed by atoms with Crippen LogP contribution in [0.15, 0.2) is 30.3 Å². The normalized spacial score (nSPS) is 10.7. The van der Waals surface area contributed by atoms with Gasteiger partial charge in [-0.1, -0.05) is 38.1 Å². The van der Waals surface area contributed by atoms with Gasteiger partial charge >= 0.3 is 5.97 Å². The Morgan fingerprint density at radius 2 is 1.67 bits per heavy atom. The van der Waals surface area contributed by atoms with Gasteiger partial charge in [-0.3, -0.25) is 0 Å². The molecule has 0 bridgehead atoms. The summed E-state index contributed by atoms with van der Waals surface area (Å²) in [5.74, 6) is -0.863. The van der Waals surface area contributed by atoms with Gasteiger partial charge in [-0.15, -0.1) is 0 Å². The second-order valence-electron chi connectivity index (χ2n) is 5.49. The van der Waals surface area contributed by atoms with Gasteiger partial charge in [0.15, 0.2) is 0 Å². The molecule has 2 rings (SSSR count). The maximum Gasteiger partial charge on any atom is 0.335 e. The molecule has 0 atom stereocenters. The SMILES string of the molecule is CCc1ccc(CC)c(-c2cc(C(=O)O)c(C)cc2C)c1. The fourth-order valence-corrected chi connectivity index (χ4v) is 2.78. The summed E-state index contributed by atoms with van der Waals surface area (Å²) in [6.07, 6.45) is 1.92. The van der Waals surface area contributed by atoms with Crippen LogP contribution in [-0.4, -0.2) is 11.1 Å². The van der Waals surface area contributed by atoms with E-state index < -0.39 is 5.97 Å². The van der Waals surface area contributed by atoms with Crippen molar-refractivity contribution in [2.24, 2.45) is 0 Å². The van der Waals surface area contributed by atoms with E-state index in [0.29, 0.717) is 5.56 Å². The molecule has 0 aliphatic carbocycles. The molecular weight excluding hydrogens is 260 g/mol. The standard InChI is InChI=1S/C19H22O2/c1-5-14-7-8-15(6-2)18(10-14)16-11-17(19(20)21)13(4)9-12(16)3/h7-11H,5-6H2,1-4H3,(H,20,21). The van der Waals surface area contributed by atoms with Crippen molar-refractivity contribution in [3.05, 3.63) is 58.1 Å². The average Bonchev–Trinajstić information content (AvgIpc) is 2.46. The lowest BCUT2D eigenvalue weighted by Crippen LogP contribution is -2.02. The van der Waals surface area contributed by atoms with Gasteiger partial charge in [-0.05, 0) is 66.1 Å². The smallest absolute Gasteiger partial charge is 0.335 e. The van der Waals surface area contributed by atoms with Crippen molar-refractivity contribution >= 4 is 5.97 Å². The minimum absolute atomic E-state index is 0.388. The molecule has 0 aliphatic rings. The van der Waals surface area contributed by atoms with Crippen LogP contribution >= 0.6 is 0 Å². The summed E-state index contributed by atoms with van der Waals surface area (Å²) in [5.41, 5.74) is 7.06. The summed E-state index contributed by atoms with van der Waals surface area (Å²) < 4.78 is 0. The van der Waals surface area contributed by atoms with E-state index in [0.717, 1.165) is 35.1 Å². The summed E-state index contributed by atoms with van der Waals surface area (Å²) in [7, 11) is 0. The molecule has 2 nitrogen and oxygen atoms in total. The van der Waals surface area contributed by atoms with E-state index in [1.165, 1.54) is 11.1 Å². The number of hydrogen-bond donors (Lipinski definition) is 1. The first-order valence-electron chi connectivity index (χ1n) is 7.44. The number of benzene rings is 2. The maximum atomic E-state index is 11.4. The quantitative estimate of drug-likeness (QED) is 0.875. The average molecular weight is 282 g/mol. The zero-order chi connectivity index (χ0) is 15.6. The minimum atomic E-state index is -0.863. The van der Waals surface area contributed by atoms with Crippen molar-refractivity contribution in [3.8, 4) is 11.1 Å². The van der Waals surface area contributed by atoms with E-state index in [4.69, 9.17) is 0 Å². The van der Waals surface area contributed by atoms with Gasteiger partial charge in [0.1, 0.15) is 0 Å². The number of carboxylic acids is 1. The highest BCUT2D eigenvalue weighted by atomic mass is 16.4. The molecule has 0 radical (unpaired) electrons. The molecule has 0 amide bonds. The van der Waals surface area contributed by atoms with Crippen molar-refractivity contribution in [2.45, 2.75) is 40.5 Å². The molecule has 0 aromatic heterocycles. The van der Waals surface area contributed by atoms with E-state index >= 15 is 0 Å². The summed E-state index contributed by atoms with van der Waals surface area (Å²) >= 11 is 0. The van der Waals surface area contributed by atoms with Crippen LogP contribution in [0.3, 0.4) is 0 Å². The Labute approximate surface area is 126 Å². The van der Waals surface area contributed by atoms with Crippen molar-refractivity contribution in [3.63, 3.8) is 0 Å². The van der Waals surface area contributed by atoms with Crippen LogP contribution in [0.25, 0.3) is 11.1 Å². The number of carbonyl (C=O) groups is 1. The first kappa shape index (κ1) is 15.3. The predicted molar refractivity (Wildman–Crippen MR) is 87.1 cm³/mol. The topological polar surface area (TPSA) is 37.3 Å². The van der Waals surface area contributed by atoms with Crippen LogP contribution in [0.4, 0.5) is 0 Å². The first-order valence-corrected chi connectivity index (χ1v) is 7.44. The van der Waals surface area contributed by atoms with Gasteiger partial charge in [0, 0.05) is 0 Å². The van der Waals surface area contributed by atoms with E-state index in [1.807, 2.05) is 26.0 Å². The zero-order valence-electron chi connectivity index (χ0n) is 13.2. The number of hydrogen-bond acceptors (Lipinski definition) is 1. The third-order valence-corrected chi connectivity index (χ3v) is 4.06. The molecule has 2 heteroatoms. The number of carboxylic acid groups (broad SMARTS) is 1. The lowest BCUT2D eigenvalue weighted by Gasteiger charge is -2.15. The van der Waals surface area contributed by atoms with E-state index in [9.17, 15) is 9.90 Å². The Bertz CT molecular complexity index is 684. The van der Waals surface area contributed by atoms with Crippen molar-refractivity contribution in [1.29, 1.82) is 0 Å². The van der Waals surface area contributed by atoms with Crippen LogP contribution < -0.4 is 0 Å². The summed E-state index contributed by atoms with van der Waals surface area (Å²) in [4.78, 5) is 11.4. The second kappa shape index (κ2) is 6.13. The molecular formula is C19H22O2. The van der Waals surface area contributed by atoms with Gasteiger partial charge < -0.3 is 5.11 Å². The Balaban J connectivity index is 2.71. The molecule has 2 aromatic rings. The van der Waals surface area contributed by atoms with Gasteiger partial charge in [-0.25, -0.2) is 4.79 Å². The second-order valence-corrected chi connectivity index (χ2v) is 5.49. The summed E-state index contributed by atoms with van der Waals surface area (Å²) in [5, 5.41) is 9.36. The van der Waals surface area contributed by atoms with E-state index in [1.54, 1.807) is 0 Å². The monoisotopic (exact) mass is 282 g/mol. The molecule has 0 fully saturated rings. The molecule has 1 N–H and O–H groups in total. The molecule has 2 aromatic carbocycles. The third-order valence-electron chi connectivity index (χ3n) is 4.06. The molecule has 110 valence electrons. The van der Waals surface area contributed by atoms with Gasteiger partial charge in [0.05, 0.1) is 5.56 Å². The molecule has 0 heterocycles.